The summed E-state index contributed by atoms with van der Waals surface area (Å²) in [4.78, 5) is 53.8. The molecule has 3 aromatic carbocycles. The zero-order valence-electron chi connectivity index (χ0n) is 31.5. The lowest BCUT2D eigenvalue weighted by molar-refractivity contribution is 0.0498. The molecule has 4 aliphatic heterocycles. The summed E-state index contributed by atoms with van der Waals surface area (Å²) in [6, 6.07) is 20.4. The number of aromatic carboxylic acids is 1. The summed E-state index contributed by atoms with van der Waals surface area (Å²) in [5, 5.41) is 15.4. The van der Waals surface area contributed by atoms with Crippen molar-refractivity contribution in [3.8, 4) is 0 Å². The Kier molecular flexibility index (Phi) is 10.1. The molecule has 3 N–H and O–H groups in total. The number of halogens is 3. The number of carbonyl (C=O) groups is 3. The maximum atomic E-state index is 15.0. The van der Waals surface area contributed by atoms with Crippen LogP contribution in [0.4, 0.5) is 16.3 Å². The highest BCUT2D eigenvalue weighted by Crippen LogP contribution is 2.53. The fourth-order valence-corrected chi connectivity index (χ4v) is 9.73. The van der Waals surface area contributed by atoms with Gasteiger partial charge in [-0.15, -0.1) is 0 Å². The average Bonchev–Trinajstić information content (AvgIpc) is 3.50. The number of hydrogen-bond acceptors (Lipinski definition) is 7. The smallest absolute Gasteiger partial charge is 0.410 e. The number of nitrogens with zero attached hydrogens (tertiary/aromatic N) is 4. The van der Waals surface area contributed by atoms with Crippen LogP contribution in [0.5, 0.6) is 0 Å². The van der Waals surface area contributed by atoms with Crippen molar-refractivity contribution < 1.29 is 24.2 Å². The Labute approximate surface area is 349 Å². The second-order valence-electron chi connectivity index (χ2n) is 15.2. The highest BCUT2D eigenvalue weighted by atomic mass is 35.5. The van der Waals surface area contributed by atoms with E-state index in [2.05, 4.69) is 51.5 Å². The second-order valence-corrected chi connectivity index (χ2v) is 16.4. The minimum Gasteiger partial charge on any atom is -0.478 e. The molecule has 0 spiro atoms. The van der Waals surface area contributed by atoms with Gasteiger partial charge in [0.05, 0.1) is 29.6 Å². The molecule has 0 saturated carbocycles. The van der Waals surface area contributed by atoms with Gasteiger partial charge in [-0.05, 0) is 84.2 Å². The largest absolute Gasteiger partial charge is 0.478 e. The van der Waals surface area contributed by atoms with Crippen LogP contribution in [-0.4, -0.2) is 75.1 Å². The van der Waals surface area contributed by atoms with Gasteiger partial charge in [-0.25, -0.2) is 14.6 Å². The number of cyclic esters (lactones) is 1. The summed E-state index contributed by atoms with van der Waals surface area (Å²) in [5.74, 6) is -1.15. The predicted octanol–water partition coefficient (Wildman–Crippen LogP) is 10.1. The van der Waals surface area contributed by atoms with Crippen LogP contribution in [0.25, 0.3) is 22.2 Å². The number of carboxylic acid groups (broad SMARTS) is 1. The number of carbonyl (C=O) groups excluding carboxylic acids is 2. The Bertz CT molecular complexity index is 2550. The highest BCUT2D eigenvalue weighted by Gasteiger charge is 2.41. The monoisotopic (exact) mass is 836 g/mol. The van der Waals surface area contributed by atoms with Crippen molar-refractivity contribution in [1.29, 1.82) is 0 Å². The van der Waals surface area contributed by atoms with E-state index >= 15 is 4.79 Å². The van der Waals surface area contributed by atoms with E-state index in [4.69, 9.17) is 39.5 Å². The van der Waals surface area contributed by atoms with Gasteiger partial charge in [-0.1, -0.05) is 84.2 Å². The van der Waals surface area contributed by atoms with Crippen molar-refractivity contribution in [3.05, 3.63) is 134 Å². The first-order chi connectivity index (χ1) is 28.1. The molecule has 2 fully saturated rings. The minimum atomic E-state index is -1.17. The molecule has 2 unspecified atom stereocenters. The molecule has 4 aliphatic rings. The van der Waals surface area contributed by atoms with Gasteiger partial charge in [0, 0.05) is 69.6 Å². The number of hydrogen-bond donors (Lipinski definition) is 3. The fourth-order valence-electron chi connectivity index (χ4n) is 9.00. The molecular formula is C44H39Cl3N6O5. The number of H-pyrrole nitrogens is 1. The summed E-state index contributed by atoms with van der Waals surface area (Å²) in [7, 11) is 0. The van der Waals surface area contributed by atoms with Gasteiger partial charge in [0.1, 0.15) is 5.69 Å². The summed E-state index contributed by atoms with van der Waals surface area (Å²) < 4.78 is 5.30. The molecule has 2 atom stereocenters. The third-order valence-corrected chi connectivity index (χ3v) is 12.4. The second kappa shape index (κ2) is 15.4. The molecule has 14 heteroatoms. The Balaban J connectivity index is 1.19. The normalized spacial score (nSPS) is 19.6. The number of ether oxygens (including phenoxy) is 1. The lowest BCUT2D eigenvalue weighted by Crippen LogP contribution is -2.50. The van der Waals surface area contributed by atoms with Crippen molar-refractivity contribution in [1.82, 2.24) is 19.8 Å². The van der Waals surface area contributed by atoms with E-state index in [9.17, 15) is 14.7 Å². The molecule has 0 radical (unpaired) electrons. The molecule has 9 rings (SSSR count). The van der Waals surface area contributed by atoms with Crippen molar-refractivity contribution in [2.75, 3.05) is 36.5 Å². The molecule has 2 aromatic heterocycles. The SMILES string of the molecule is CC1CC=CN2C(=C1c1ccccc1)c1c(C(=O)Nc3cc(C(=O)O)cnc3N3CCC(N4CCCOC4=O)CC3)[nH]c3cc(Cl)cc(c13)C2c1ccc(Cl)cc1Cl. The lowest BCUT2D eigenvalue weighted by atomic mass is 9.82. The van der Waals surface area contributed by atoms with Crippen molar-refractivity contribution in [2.24, 2.45) is 5.92 Å². The van der Waals surface area contributed by atoms with Gasteiger partial charge in [0.25, 0.3) is 5.91 Å². The van der Waals surface area contributed by atoms with Gasteiger partial charge in [-0.3, -0.25) is 4.79 Å². The Morgan fingerprint density at radius 2 is 1.76 bits per heavy atom. The number of rotatable bonds is 7. The molecule has 2 amide bonds. The minimum absolute atomic E-state index is 0.0125. The average molecular weight is 838 g/mol. The van der Waals surface area contributed by atoms with Crippen LogP contribution in [0.1, 0.15) is 81.7 Å². The summed E-state index contributed by atoms with van der Waals surface area (Å²) >= 11 is 20.3. The van der Waals surface area contributed by atoms with E-state index in [1.165, 1.54) is 12.3 Å². The van der Waals surface area contributed by atoms with Gasteiger partial charge < -0.3 is 34.8 Å². The van der Waals surface area contributed by atoms with E-state index in [0.717, 1.165) is 46.2 Å². The highest BCUT2D eigenvalue weighted by molar-refractivity contribution is 6.35. The number of fused-ring (bicyclic) bond motifs is 2. The van der Waals surface area contributed by atoms with Crippen LogP contribution in [0.15, 0.2) is 85.2 Å². The zero-order valence-corrected chi connectivity index (χ0v) is 33.7. The van der Waals surface area contributed by atoms with Crippen LogP contribution in [0.3, 0.4) is 0 Å². The Morgan fingerprint density at radius 1 is 0.966 bits per heavy atom. The summed E-state index contributed by atoms with van der Waals surface area (Å²) in [6.45, 7) is 4.34. The van der Waals surface area contributed by atoms with Crippen molar-refractivity contribution in [3.63, 3.8) is 0 Å². The number of amides is 2. The van der Waals surface area contributed by atoms with Crippen LogP contribution >= 0.6 is 34.8 Å². The zero-order chi connectivity index (χ0) is 40.2. The maximum absolute atomic E-state index is 15.0. The first-order valence-corrected chi connectivity index (χ1v) is 20.5. The number of carboxylic acids is 1. The standard InChI is InChI=1S/C44H39Cl3N6O5/c1-24-7-5-14-53-39(30-11-10-27(45)21-32(30)47)31-20-28(46)22-33-36(31)37(40(53)35(24)25-8-3-2-4-9-25)38(49-33)42(54)50-34-19-26(43(55)56)23-48-41(34)51-16-12-29(13-17-51)52-15-6-18-58-44(52)57/h2-5,8-11,14,19-24,29,39,49H,6-7,12-13,15-18H2,1H3,(H,50,54)(H,55,56). The number of aromatic amines is 1. The molecule has 0 bridgehead atoms. The topological polar surface area (TPSA) is 131 Å². The van der Waals surface area contributed by atoms with Crippen molar-refractivity contribution in [2.45, 2.75) is 44.7 Å². The van der Waals surface area contributed by atoms with E-state index < -0.39 is 17.9 Å². The molecule has 0 aliphatic carbocycles. The van der Waals surface area contributed by atoms with Gasteiger partial charge in [-0.2, -0.15) is 0 Å². The number of pyridine rings is 1. The predicted molar refractivity (Wildman–Crippen MR) is 227 cm³/mol. The molecule has 6 heterocycles. The molecule has 2 saturated heterocycles. The van der Waals surface area contributed by atoms with E-state index in [1.54, 1.807) is 11.0 Å². The summed E-state index contributed by atoms with van der Waals surface area (Å²) in [5.41, 5.74) is 6.39. The molecular weight excluding hydrogens is 799 g/mol. The number of benzene rings is 3. The Morgan fingerprint density at radius 3 is 2.50 bits per heavy atom. The van der Waals surface area contributed by atoms with Gasteiger partial charge >= 0.3 is 12.1 Å². The van der Waals surface area contributed by atoms with E-state index in [-0.39, 0.29) is 35.0 Å². The number of aromatic nitrogens is 2. The molecule has 11 nitrogen and oxygen atoms in total. The third kappa shape index (κ3) is 6.74. The summed E-state index contributed by atoms with van der Waals surface area (Å²) in [6.07, 6.45) is 8.07. The number of nitrogens with one attached hydrogen (secondary N) is 2. The Hall–Kier alpha value is -5.49. The molecule has 5 aromatic rings. The third-order valence-electron chi connectivity index (χ3n) is 11.6. The van der Waals surface area contributed by atoms with E-state index in [1.807, 2.05) is 47.4 Å². The first-order valence-electron chi connectivity index (χ1n) is 19.4. The maximum Gasteiger partial charge on any atom is 0.410 e. The van der Waals surface area contributed by atoms with E-state index in [0.29, 0.717) is 71.0 Å². The van der Waals surface area contributed by atoms with Crippen molar-refractivity contribution >= 4 is 86.5 Å². The van der Waals surface area contributed by atoms with Crippen LogP contribution in [0.2, 0.25) is 15.1 Å². The van der Waals surface area contributed by atoms with Crippen LogP contribution in [0, 0.1) is 5.92 Å². The fraction of sp³-hybridized carbons (Fsp3) is 0.273. The van der Waals surface area contributed by atoms with Crippen LogP contribution < -0.4 is 10.2 Å². The quantitative estimate of drug-likeness (QED) is 0.148. The first kappa shape index (κ1) is 38.1. The number of piperidine rings is 1. The lowest BCUT2D eigenvalue weighted by Gasteiger charge is -2.40. The number of anilines is 2. The molecule has 296 valence electrons. The van der Waals surface area contributed by atoms with Gasteiger partial charge in [0.2, 0.25) is 0 Å². The number of allylic oxidation sites excluding steroid dienone is 2. The van der Waals surface area contributed by atoms with Gasteiger partial charge in [0.15, 0.2) is 5.82 Å². The van der Waals surface area contributed by atoms with Crippen LogP contribution in [-0.2, 0) is 4.74 Å². The molecule has 58 heavy (non-hydrogen) atoms.